The fourth-order valence-electron chi connectivity index (χ4n) is 2.30. The quantitative estimate of drug-likeness (QED) is 0.628. The zero-order chi connectivity index (χ0) is 14.0. The molecule has 1 aliphatic carbocycles. The first-order chi connectivity index (χ1) is 9.10. The molecule has 0 spiro atoms. The Hall–Kier alpha value is -0.960. The normalized spacial score (nSPS) is 17.6. The number of aliphatic hydroxyl groups excluding tert-OH is 1. The maximum Gasteiger partial charge on any atom is 0.368 e. The van der Waals surface area contributed by atoms with E-state index >= 15 is 0 Å². The Kier molecular flexibility index (Phi) is 4.56. The lowest BCUT2D eigenvalue weighted by Crippen LogP contribution is -2.26. The second kappa shape index (κ2) is 6.00. The molecular formula is C12H17IN4O2. The van der Waals surface area contributed by atoms with E-state index < -0.39 is 0 Å². The predicted octanol–water partition coefficient (Wildman–Crippen LogP) is 0.972. The van der Waals surface area contributed by atoms with Crippen molar-refractivity contribution in [1.82, 2.24) is 19.8 Å². The highest BCUT2D eigenvalue weighted by molar-refractivity contribution is 14.1. The third kappa shape index (κ3) is 2.66. The molecule has 1 heterocycles. The molecule has 0 amide bonds. The second-order valence-corrected chi connectivity index (χ2v) is 5.52. The van der Waals surface area contributed by atoms with Gasteiger partial charge in [-0.3, -0.25) is 0 Å². The first-order valence-corrected chi connectivity index (χ1v) is 7.71. The summed E-state index contributed by atoms with van der Waals surface area (Å²) in [7, 11) is 1.56. The number of nitrogens with zero attached hydrogens (tertiary/aromatic N) is 4. The van der Waals surface area contributed by atoms with E-state index in [1.165, 1.54) is 14.9 Å². The maximum absolute atomic E-state index is 11.9. The van der Waals surface area contributed by atoms with Crippen LogP contribution in [-0.2, 0) is 7.05 Å². The number of aryl methyl sites for hydroxylation is 1. The summed E-state index contributed by atoms with van der Waals surface area (Å²) >= 11 is 2.34. The fraction of sp³-hybridized carbons (Fsp3) is 0.583. The third-order valence-electron chi connectivity index (χ3n) is 3.38. The Morgan fingerprint density at radius 2 is 2.26 bits per heavy atom. The van der Waals surface area contributed by atoms with Gasteiger partial charge in [0.1, 0.15) is 0 Å². The number of hydrogen-bond donors (Lipinski definition) is 1. The molecule has 0 aromatic carbocycles. The number of alkyl halides is 1. The van der Waals surface area contributed by atoms with Gasteiger partial charge in [0, 0.05) is 17.0 Å². The van der Waals surface area contributed by atoms with Crippen LogP contribution in [0, 0.1) is 5.92 Å². The summed E-state index contributed by atoms with van der Waals surface area (Å²) < 4.78 is 3.44. The highest BCUT2D eigenvalue weighted by Gasteiger charge is 2.22. The highest BCUT2D eigenvalue weighted by Crippen LogP contribution is 2.32. The Labute approximate surface area is 124 Å². The topological polar surface area (TPSA) is 72.9 Å². The van der Waals surface area contributed by atoms with E-state index in [2.05, 4.69) is 39.9 Å². The van der Waals surface area contributed by atoms with E-state index in [0.717, 1.165) is 22.8 Å². The van der Waals surface area contributed by atoms with Crippen LogP contribution in [0.3, 0.4) is 0 Å². The van der Waals surface area contributed by atoms with E-state index in [0.29, 0.717) is 11.6 Å². The van der Waals surface area contributed by atoms with Crippen LogP contribution in [0.15, 0.2) is 22.0 Å². The van der Waals surface area contributed by atoms with Crippen LogP contribution in [0.2, 0.25) is 0 Å². The molecule has 0 saturated carbocycles. The summed E-state index contributed by atoms with van der Waals surface area (Å²) in [5.41, 5.74) is 2.42. The van der Waals surface area contributed by atoms with Crippen molar-refractivity contribution in [2.75, 3.05) is 11.0 Å². The third-order valence-corrected chi connectivity index (χ3v) is 4.70. The monoisotopic (exact) mass is 376 g/mol. The van der Waals surface area contributed by atoms with Gasteiger partial charge in [0.15, 0.2) is 0 Å². The van der Waals surface area contributed by atoms with E-state index in [1.54, 1.807) is 7.05 Å². The van der Waals surface area contributed by atoms with Crippen LogP contribution in [-0.4, -0.2) is 35.9 Å². The zero-order valence-electron chi connectivity index (χ0n) is 11.0. The molecule has 7 heteroatoms. The van der Waals surface area contributed by atoms with Crippen molar-refractivity contribution in [2.45, 2.75) is 19.8 Å². The summed E-state index contributed by atoms with van der Waals surface area (Å²) in [5.74, 6) is 0.388. The van der Waals surface area contributed by atoms with E-state index in [4.69, 9.17) is 0 Å². The Bertz CT molecular complexity index is 585. The molecule has 0 unspecified atom stereocenters. The number of aliphatic hydroxyl groups is 1. The van der Waals surface area contributed by atoms with Gasteiger partial charge in [-0.05, 0) is 29.2 Å². The fourth-order valence-corrected chi connectivity index (χ4v) is 2.83. The molecule has 1 aromatic rings. The van der Waals surface area contributed by atoms with Crippen molar-refractivity contribution in [3.8, 4) is 0 Å². The Morgan fingerprint density at radius 3 is 2.79 bits per heavy atom. The standard InChI is InChI=1S/C12H17IN4O2/c1-8(6-13)9-4-3-5-11(10(9)7-18)17-12(19)16(2)14-15-17/h5,8,18H,3-4,6-7H2,1-2H3/t8-/m0/s1. The van der Waals surface area contributed by atoms with Gasteiger partial charge in [-0.15, -0.1) is 0 Å². The van der Waals surface area contributed by atoms with Crippen LogP contribution in [0.1, 0.15) is 19.8 Å². The van der Waals surface area contributed by atoms with Crippen molar-refractivity contribution in [1.29, 1.82) is 0 Å². The molecule has 0 saturated heterocycles. The highest BCUT2D eigenvalue weighted by atomic mass is 127. The SMILES string of the molecule is C[C@@H](CI)C1=C(CO)C(n2nnn(C)c2=O)=CCC1. The van der Waals surface area contributed by atoms with Gasteiger partial charge in [-0.25, -0.2) is 4.79 Å². The molecule has 0 bridgehead atoms. The number of allylic oxidation sites excluding steroid dienone is 2. The lowest BCUT2D eigenvalue weighted by molar-refractivity contribution is 0.331. The number of halogens is 1. The van der Waals surface area contributed by atoms with Crippen LogP contribution < -0.4 is 5.69 Å². The largest absolute Gasteiger partial charge is 0.392 e. The average Bonchev–Trinajstić information content (AvgIpc) is 2.77. The summed E-state index contributed by atoms with van der Waals surface area (Å²) in [6, 6.07) is 0. The van der Waals surface area contributed by atoms with Gasteiger partial charge in [0.2, 0.25) is 0 Å². The minimum Gasteiger partial charge on any atom is -0.392 e. The van der Waals surface area contributed by atoms with E-state index in [-0.39, 0.29) is 12.3 Å². The average molecular weight is 376 g/mol. The summed E-state index contributed by atoms with van der Waals surface area (Å²) in [6.07, 6.45) is 3.74. The first kappa shape index (κ1) is 14.4. The Morgan fingerprint density at radius 1 is 1.53 bits per heavy atom. The number of aromatic nitrogens is 4. The molecule has 0 aliphatic heterocycles. The summed E-state index contributed by atoms with van der Waals surface area (Å²) in [6.45, 7) is 2.06. The molecule has 0 radical (unpaired) electrons. The predicted molar refractivity (Wildman–Crippen MR) is 80.9 cm³/mol. The van der Waals surface area contributed by atoms with E-state index in [9.17, 15) is 9.90 Å². The van der Waals surface area contributed by atoms with Gasteiger partial charge in [0.05, 0.1) is 12.3 Å². The number of tetrazole rings is 1. The number of rotatable bonds is 4. The molecule has 104 valence electrons. The second-order valence-electron chi connectivity index (χ2n) is 4.64. The van der Waals surface area contributed by atoms with Crippen LogP contribution in [0.25, 0.3) is 5.70 Å². The van der Waals surface area contributed by atoms with Gasteiger partial charge in [-0.1, -0.05) is 41.2 Å². The lowest BCUT2D eigenvalue weighted by atomic mass is 9.88. The summed E-state index contributed by atoms with van der Waals surface area (Å²) in [5, 5.41) is 17.2. The Balaban J connectivity index is 2.51. The van der Waals surface area contributed by atoms with Gasteiger partial charge >= 0.3 is 5.69 Å². The van der Waals surface area contributed by atoms with Crippen LogP contribution in [0.4, 0.5) is 0 Å². The molecule has 19 heavy (non-hydrogen) atoms. The molecule has 6 nitrogen and oxygen atoms in total. The molecule has 1 N–H and O–H groups in total. The van der Waals surface area contributed by atoms with Gasteiger partial charge in [-0.2, -0.15) is 9.36 Å². The molecule has 2 rings (SSSR count). The van der Waals surface area contributed by atoms with Crippen molar-refractivity contribution in [3.05, 3.63) is 27.7 Å². The van der Waals surface area contributed by atoms with Crippen molar-refractivity contribution >= 4 is 28.3 Å². The zero-order valence-corrected chi connectivity index (χ0v) is 13.2. The molecule has 1 atom stereocenters. The smallest absolute Gasteiger partial charge is 0.368 e. The molecule has 0 fully saturated rings. The van der Waals surface area contributed by atoms with Crippen molar-refractivity contribution in [2.24, 2.45) is 13.0 Å². The molecule has 1 aromatic heterocycles. The minimum absolute atomic E-state index is 0.0782. The molecular weight excluding hydrogens is 359 g/mol. The summed E-state index contributed by atoms with van der Waals surface area (Å²) in [4.78, 5) is 11.9. The minimum atomic E-state index is -0.291. The number of hydrogen-bond acceptors (Lipinski definition) is 4. The van der Waals surface area contributed by atoms with Crippen LogP contribution >= 0.6 is 22.6 Å². The first-order valence-electron chi connectivity index (χ1n) is 6.18. The van der Waals surface area contributed by atoms with E-state index in [1.807, 2.05) is 6.08 Å². The lowest BCUT2D eigenvalue weighted by Gasteiger charge is -2.23. The maximum atomic E-state index is 11.9. The van der Waals surface area contributed by atoms with Crippen LogP contribution in [0.5, 0.6) is 0 Å². The van der Waals surface area contributed by atoms with Gasteiger partial charge < -0.3 is 5.11 Å². The van der Waals surface area contributed by atoms with Crippen molar-refractivity contribution < 1.29 is 5.11 Å². The van der Waals surface area contributed by atoms with Crippen molar-refractivity contribution in [3.63, 3.8) is 0 Å². The molecule has 1 aliphatic rings. The van der Waals surface area contributed by atoms with Gasteiger partial charge in [0.25, 0.3) is 0 Å².